The number of aromatic nitrogens is 3. The number of halogens is 1. The smallest absolute Gasteiger partial charge is 0.0727 e. The first kappa shape index (κ1) is 10.3. The standard InChI is InChI=1S/C12H9BrN4/c13-8-5-16-17(7-8)12-2-1-11(14)10-6-15-4-3-9(10)12/h1-7H,14H2. The van der Waals surface area contributed by atoms with Crippen molar-refractivity contribution in [3.8, 4) is 5.69 Å². The summed E-state index contributed by atoms with van der Waals surface area (Å²) in [5.41, 5.74) is 7.64. The van der Waals surface area contributed by atoms with Crippen LogP contribution in [0.3, 0.4) is 0 Å². The van der Waals surface area contributed by atoms with Crippen LogP contribution in [0.1, 0.15) is 0 Å². The van der Waals surface area contributed by atoms with Gasteiger partial charge >= 0.3 is 0 Å². The molecule has 0 saturated carbocycles. The van der Waals surface area contributed by atoms with Crippen molar-refractivity contribution >= 4 is 32.4 Å². The number of benzene rings is 1. The number of nitrogen functional groups attached to an aromatic ring is 1. The largest absolute Gasteiger partial charge is 0.398 e. The van der Waals surface area contributed by atoms with Gasteiger partial charge in [-0.25, -0.2) is 4.68 Å². The van der Waals surface area contributed by atoms with Gasteiger partial charge in [-0.15, -0.1) is 0 Å². The Kier molecular flexibility index (Phi) is 2.33. The predicted molar refractivity (Wildman–Crippen MR) is 71.0 cm³/mol. The van der Waals surface area contributed by atoms with Crippen LogP contribution in [0.25, 0.3) is 16.5 Å². The Hall–Kier alpha value is -1.88. The van der Waals surface area contributed by atoms with Gasteiger partial charge in [0.2, 0.25) is 0 Å². The molecule has 1 aromatic carbocycles. The lowest BCUT2D eigenvalue weighted by Gasteiger charge is -2.08. The van der Waals surface area contributed by atoms with Gasteiger partial charge in [-0.2, -0.15) is 5.10 Å². The molecule has 0 amide bonds. The number of fused-ring (bicyclic) bond motifs is 1. The van der Waals surface area contributed by atoms with Crippen molar-refractivity contribution in [3.05, 3.63) is 47.5 Å². The summed E-state index contributed by atoms with van der Waals surface area (Å²) < 4.78 is 2.75. The zero-order valence-electron chi connectivity index (χ0n) is 8.84. The number of pyridine rings is 1. The minimum atomic E-state index is 0.725. The Balaban J connectivity index is 2.34. The van der Waals surface area contributed by atoms with E-state index in [-0.39, 0.29) is 0 Å². The monoisotopic (exact) mass is 288 g/mol. The lowest BCUT2D eigenvalue weighted by molar-refractivity contribution is 0.887. The summed E-state index contributed by atoms with van der Waals surface area (Å²) in [4.78, 5) is 4.09. The molecule has 0 atom stereocenters. The van der Waals surface area contributed by atoms with Gasteiger partial charge in [0.15, 0.2) is 0 Å². The second kappa shape index (κ2) is 3.85. The third-order valence-electron chi connectivity index (χ3n) is 2.63. The number of nitrogens with two attached hydrogens (primary N) is 1. The van der Waals surface area contributed by atoms with Crippen LogP contribution < -0.4 is 5.73 Å². The van der Waals surface area contributed by atoms with E-state index >= 15 is 0 Å². The zero-order chi connectivity index (χ0) is 11.8. The molecule has 0 unspecified atom stereocenters. The molecule has 0 spiro atoms. The van der Waals surface area contributed by atoms with Gasteiger partial charge in [-0.05, 0) is 34.1 Å². The van der Waals surface area contributed by atoms with Crippen LogP contribution in [0.2, 0.25) is 0 Å². The highest BCUT2D eigenvalue weighted by molar-refractivity contribution is 9.10. The first-order chi connectivity index (χ1) is 8.25. The summed E-state index contributed by atoms with van der Waals surface area (Å²) in [7, 11) is 0. The van der Waals surface area contributed by atoms with Crippen LogP contribution in [0.5, 0.6) is 0 Å². The summed E-state index contributed by atoms with van der Waals surface area (Å²) >= 11 is 3.39. The van der Waals surface area contributed by atoms with E-state index in [1.165, 1.54) is 0 Å². The molecule has 0 fully saturated rings. The number of hydrogen-bond donors (Lipinski definition) is 1. The fraction of sp³-hybridized carbons (Fsp3) is 0. The molecule has 0 saturated heterocycles. The summed E-state index contributed by atoms with van der Waals surface area (Å²) in [5.74, 6) is 0. The molecular weight excluding hydrogens is 280 g/mol. The van der Waals surface area contributed by atoms with E-state index in [1.54, 1.807) is 18.6 Å². The van der Waals surface area contributed by atoms with Crippen molar-refractivity contribution in [1.29, 1.82) is 0 Å². The third kappa shape index (κ3) is 1.68. The van der Waals surface area contributed by atoms with Gasteiger partial charge in [0.05, 0.1) is 16.4 Å². The van der Waals surface area contributed by atoms with Gasteiger partial charge in [0.25, 0.3) is 0 Å². The molecule has 3 aromatic rings. The topological polar surface area (TPSA) is 56.7 Å². The van der Waals surface area contributed by atoms with E-state index in [4.69, 9.17) is 5.73 Å². The number of hydrogen-bond acceptors (Lipinski definition) is 3. The van der Waals surface area contributed by atoms with Crippen molar-refractivity contribution < 1.29 is 0 Å². The Morgan fingerprint density at radius 1 is 1.12 bits per heavy atom. The average Bonchev–Trinajstić information content (AvgIpc) is 2.77. The summed E-state index contributed by atoms with van der Waals surface area (Å²) in [6.07, 6.45) is 7.19. The number of nitrogens with zero attached hydrogens (tertiary/aromatic N) is 3. The lowest BCUT2D eigenvalue weighted by Crippen LogP contribution is -1.97. The van der Waals surface area contributed by atoms with Crippen LogP contribution in [-0.2, 0) is 0 Å². The average molecular weight is 289 g/mol. The Labute approximate surface area is 106 Å². The molecule has 0 radical (unpaired) electrons. The van der Waals surface area contributed by atoms with Crippen LogP contribution in [-0.4, -0.2) is 14.8 Å². The van der Waals surface area contributed by atoms with E-state index in [9.17, 15) is 0 Å². The van der Waals surface area contributed by atoms with Crippen LogP contribution in [0.15, 0.2) is 47.5 Å². The second-order valence-corrected chi connectivity index (χ2v) is 4.61. The Bertz CT molecular complexity index is 690. The molecule has 5 heteroatoms. The summed E-state index contributed by atoms with van der Waals surface area (Å²) in [5, 5.41) is 6.25. The highest BCUT2D eigenvalue weighted by Crippen LogP contribution is 2.26. The molecule has 0 aliphatic rings. The van der Waals surface area contributed by atoms with Crippen molar-refractivity contribution in [1.82, 2.24) is 14.8 Å². The maximum Gasteiger partial charge on any atom is 0.0727 e. The van der Waals surface area contributed by atoms with Crippen molar-refractivity contribution in [2.24, 2.45) is 0 Å². The van der Waals surface area contributed by atoms with E-state index in [0.717, 1.165) is 26.6 Å². The number of rotatable bonds is 1. The molecule has 2 aromatic heterocycles. The van der Waals surface area contributed by atoms with E-state index in [2.05, 4.69) is 26.0 Å². The molecule has 2 heterocycles. The molecule has 3 rings (SSSR count). The van der Waals surface area contributed by atoms with E-state index in [1.807, 2.05) is 29.1 Å². The fourth-order valence-corrected chi connectivity index (χ4v) is 2.11. The molecule has 2 N–H and O–H groups in total. The molecular formula is C12H9BrN4. The van der Waals surface area contributed by atoms with Gasteiger partial charge in [-0.1, -0.05) is 0 Å². The molecule has 17 heavy (non-hydrogen) atoms. The SMILES string of the molecule is Nc1ccc(-n2cc(Br)cn2)c2ccncc12. The Morgan fingerprint density at radius 3 is 2.76 bits per heavy atom. The van der Waals surface area contributed by atoms with Gasteiger partial charge in [0, 0.05) is 35.1 Å². The molecule has 0 bridgehead atoms. The minimum absolute atomic E-state index is 0.725. The first-order valence-corrected chi connectivity index (χ1v) is 5.88. The van der Waals surface area contributed by atoms with Crippen LogP contribution in [0, 0.1) is 0 Å². The highest BCUT2D eigenvalue weighted by atomic mass is 79.9. The fourth-order valence-electron chi connectivity index (χ4n) is 1.83. The lowest BCUT2D eigenvalue weighted by atomic mass is 10.1. The first-order valence-electron chi connectivity index (χ1n) is 5.08. The maximum absolute atomic E-state index is 5.93. The van der Waals surface area contributed by atoms with Crippen molar-refractivity contribution in [2.75, 3.05) is 5.73 Å². The van der Waals surface area contributed by atoms with E-state index < -0.39 is 0 Å². The van der Waals surface area contributed by atoms with Crippen molar-refractivity contribution in [2.45, 2.75) is 0 Å². The maximum atomic E-state index is 5.93. The molecule has 4 nitrogen and oxygen atoms in total. The third-order valence-corrected chi connectivity index (χ3v) is 3.04. The molecule has 0 aliphatic heterocycles. The highest BCUT2D eigenvalue weighted by Gasteiger charge is 2.06. The summed E-state index contributed by atoms with van der Waals surface area (Å²) in [6.45, 7) is 0. The Morgan fingerprint density at radius 2 is 2.00 bits per heavy atom. The van der Waals surface area contributed by atoms with Gasteiger partial charge < -0.3 is 5.73 Å². The summed E-state index contributed by atoms with van der Waals surface area (Å²) in [6, 6.07) is 5.77. The quantitative estimate of drug-likeness (QED) is 0.701. The second-order valence-electron chi connectivity index (χ2n) is 3.70. The predicted octanol–water partition coefficient (Wildman–Crippen LogP) is 2.77. The molecule has 0 aliphatic carbocycles. The van der Waals surface area contributed by atoms with Crippen molar-refractivity contribution in [3.63, 3.8) is 0 Å². The molecule has 84 valence electrons. The number of anilines is 1. The minimum Gasteiger partial charge on any atom is -0.398 e. The van der Waals surface area contributed by atoms with Gasteiger partial charge in [-0.3, -0.25) is 4.98 Å². The normalized spacial score (nSPS) is 10.9. The van der Waals surface area contributed by atoms with Gasteiger partial charge in [0.1, 0.15) is 0 Å². The zero-order valence-corrected chi connectivity index (χ0v) is 10.4. The van der Waals surface area contributed by atoms with E-state index in [0.29, 0.717) is 0 Å². The van der Waals surface area contributed by atoms with Crippen LogP contribution in [0.4, 0.5) is 5.69 Å². The van der Waals surface area contributed by atoms with Crippen LogP contribution >= 0.6 is 15.9 Å².